The maximum atomic E-state index is 12.6. The summed E-state index contributed by atoms with van der Waals surface area (Å²) in [6, 6.07) is 11.2. The molecule has 10 nitrogen and oxygen atoms in total. The van der Waals surface area contributed by atoms with Gasteiger partial charge >= 0.3 is 5.97 Å². The fourth-order valence-corrected chi connectivity index (χ4v) is 2.96. The van der Waals surface area contributed by atoms with Crippen molar-refractivity contribution in [1.29, 1.82) is 0 Å². The zero-order chi connectivity index (χ0) is 23.3. The maximum Gasteiger partial charge on any atom is 0.329 e. The van der Waals surface area contributed by atoms with Crippen molar-refractivity contribution in [2.24, 2.45) is 5.92 Å². The number of ether oxygens (including phenoxy) is 1. The molecule has 3 rings (SSSR count). The molecule has 0 saturated heterocycles. The summed E-state index contributed by atoms with van der Waals surface area (Å²) in [7, 11) is 0. The highest BCUT2D eigenvalue weighted by Gasteiger charge is 2.27. The fraction of sp³-hybridized carbons (Fsp3) is 0.238. The van der Waals surface area contributed by atoms with E-state index in [0.29, 0.717) is 5.56 Å². The van der Waals surface area contributed by atoms with Crippen LogP contribution in [-0.2, 0) is 16.1 Å². The SMILES string of the molecule is CC(C)C(NC(=O)c1ccccc1Cl)C(=O)OCc1nnc(-c2ccc([N+](=O)[O-])cc2)o1. The number of carbonyl (C=O) groups excluding carboxylic acids is 2. The third kappa shape index (κ3) is 5.46. The number of aromatic nitrogens is 2. The lowest BCUT2D eigenvalue weighted by Gasteiger charge is -2.20. The number of halogens is 1. The molecule has 0 saturated carbocycles. The summed E-state index contributed by atoms with van der Waals surface area (Å²) in [4.78, 5) is 35.3. The topological polar surface area (TPSA) is 137 Å². The van der Waals surface area contributed by atoms with Crippen LogP contribution < -0.4 is 5.32 Å². The third-order valence-electron chi connectivity index (χ3n) is 4.46. The molecule has 1 amide bonds. The van der Waals surface area contributed by atoms with Crippen LogP contribution in [0.5, 0.6) is 0 Å². The van der Waals surface area contributed by atoms with E-state index in [0.717, 1.165) is 0 Å². The van der Waals surface area contributed by atoms with Crippen LogP contribution >= 0.6 is 11.6 Å². The van der Waals surface area contributed by atoms with Crippen LogP contribution in [0.1, 0.15) is 30.1 Å². The van der Waals surface area contributed by atoms with Gasteiger partial charge in [-0.15, -0.1) is 10.2 Å². The van der Waals surface area contributed by atoms with Gasteiger partial charge in [0.15, 0.2) is 6.61 Å². The molecule has 0 radical (unpaired) electrons. The molecular weight excluding hydrogens is 440 g/mol. The predicted octanol–water partition coefficient (Wildman–Crippen LogP) is 3.80. The summed E-state index contributed by atoms with van der Waals surface area (Å²) >= 11 is 6.04. The van der Waals surface area contributed by atoms with Crippen LogP contribution in [0.2, 0.25) is 5.02 Å². The Morgan fingerprint density at radius 3 is 2.47 bits per heavy atom. The van der Waals surface area contributed by atoms with Gasteiger partial charge in [0, 0.05) is 17.7 Å². The number of rotatable bonds is 8. The van der Waals surface area contributed by atoms with E-state index >= 15 is 0 Å². The molecule has 0 spiro atoms. The molecule has 166 valence electrons. The number of nitrogens with one attached hydrogen (secondary N) is 1. The van der Waals surface area contributed by atoms with Gasteiger partial charge in [-0.2, -0.15) is 0 Å². The number of amides is 1. The Kier molecular flexibility index (Phi) is 7.16. The minimum absolute atomic E-state index is 0.0339. The van der Waals surface area contributed by atoms with Crippen LogP contribution in [0, 0.1) is 16.0 Å². The van der Waals surface area contributed by atoms with Crippen molar-refractivity contribution in [2.45, 2.75) is 26.5 Å². The molecule has 0 aliphatic carbocycles. The Bertz CT molecular complexity index is 1130. The molecule has 32 heavy (non-hydrogen) atoms. The summed E-state index contributed by atoms with van der Waals surface area (Å²) in [5.74, 6) is -1.27. The number of nitro groups is 1. The van der Waals surface area contributed by atoms with Crippen molar-refractivity contribution in [3.8, 4) is 11.5 Å². The van der Waals surface area contributed by atoms with Crippen LogP contribution in [-0.4, -0.2) is 33.0 Å². The van der Waals surface area contributed by atoms with E-state index in [1.165, 1.54) is 24.3 Å². The van der Waals surface area contributed by atoms with E-state index in [-0.39, 0.29) is 40.6 Å². The van der Waals surface area contributed by atoms with Crippen LogP contribution in [0.25, 0.3) is 11.5 Å². The van der Waals surface area contributed by atoms with Gasteiger partial charge in [-0.3, -0.25) is 14.9 Å². The van der Waals surface area contributed by atoms with Gasteiger partial charge in [-0.1, -0.05) is 37.6 Å². The van der Waals surface area contributed by atoms with Gasteiger partial charge in [0.2, 0.25) is 5.89 Å². The van der Waals surface area contributed by atoms with Gasteiger partial charge < -0.3 is 14.5 Å². The van der Waals surface area contributed by atoms with Crippen molar-refractivity contribution in [2.75, 3.05) is 0 Å². The molecule has 1 heterocycles. The van der Waals surface area contributed by atoms with E-state index in [9.17, 15) is 19.7 Å². The Labute approximate surface area is 187 Å². The number of hydrogen-bond acceptors (Lipinski definition) is 8. The van der Waals surface area contributed by atoms with E-state index in [1.807, 2.05) is 0 Å². The molecular formula is C21H19ClN4O6. The Balaban J connectivity index is 1.62. The number of carbonyl (C=O) groups is 2. The standard InChI is InChI=1S/C21H19ClN4O6/c1-12(2)18(23-19(27)15-5-3-4-6-16(15)22)21(28)31-11-17-24-25-20(32-17)13-7-9-14(10-8-13)26(29)30/h3-10,12,18H,11H2,1-2H3,(H,23,27). The predicted molar refractivity (Wildman–Crippen MR) is 114 cm³/mol. The number of non-ortho nitro benzene ring substituents is 1. The second kappa shape index (κ2) is 10.0. The number of hydrogen-bond donors (Lipinski definition) is 1. The molecule has 1 N–H and O–H groups in total. The molecule has 11 heteroatoms. The van der Waals surface area contributed by atoms with Crippen LogP contribution in [0.4, 0.5) is 5.69 Å². The molecule has 0 fully saturated rings. The molecule has 3 aromatic rings. The lowest BCUT2D eigenvalue weighted by atomic mass is 10.0. The smallest absolute Gasteiger partial charge is 0.329 e. The van der Waals surface area contributed by atoms with E-state index in [4.69, 9.17) is 20.8 Å². The molecule has 0 bridgehead atoms. The van der Waals surface area contributed by atoms with Crippen LogP contribution in [0.3, 0.4) is 0 Å². The minimum Gasteiger partial charge on any atom is -0.454 e. The average molecular weight is 459 g/mol. The first-order valence-corrected chi connectivity index (χ1v) is 9.93. The fourth-order valence-electron chi connectivity index (χ4n) is 2.74. The molecule has 1 atom stereocenters. The number of nitrogens with zero attached hydrogens (tertiary/aromatic N) is 3. The first kappa shape index (κ1) is 22.9. The summed E-state index contributed by atoms with van der Waals surface area (Å²) in [6.45, 7) is 3.22. The van der Waals surface area contributed by atoms with Gasteiger partial charge in [-0.05, 0) is 30.2 Å². The second-order valence-electron chi connectivity index (χ2n) is 7.09. The lowest BCUT2D eigenvalue weighted by Crippen LogP contribution is -2.45. The Morgan fingerprint density at radius 2 is 1.84 bits per heavy atom. The first-order valence-electron chi connectivity index (χ1n) is 9.55. The van der Waals surface area contributed by atoms with Gasteiger partial charge in [0.1, 0.15) is 6.04 Å². The molecule has 1 unspecified atom stereocenters. The van der Waals surface area contributed by atoms with Crippen LogP contribution in [0.15, 0.2) is 52.9 Å². The quantitative estimate of drug-likeness (QED) is 0.305. The molecule has 2 aromatic carbocycles. The zero-order valence-electron chi connectivity index (χ0n) is 17.1. The second-order valence-corrected chi connectivity index (χ2v) is 7.49. The van der Waals surface area contributed by atoms with Gasteiger partial charge in [0.05, 0.1) is 15.5 Å². The molecule has 1 aromatic heterocycles. The summed E-state index contributed by atoms with van der Waals surface area (Å²) < 4.78 is 10.7. The third-order valence-corrected chi connectivity index (χ3v) is 4.79. The van der Waals surface area contributed by atoms with E-state index < -0.39 is 22.8 Å². The highest BCUT2D eigenvalue weighted by atomic mass is 35.5. The Morgan fingerprint density at radius 1 is 1.16 bits per heavy atom. The number of benzene rings is 2. The Hall–Kier alpha value is -3.79. The first-order chi connectivity index (χ1) is 15.3. The van der Waals surface area contributed by atoms with Crippen molar-refractivity contribution < 1.29 is 23.7 Å². The van der Waals surface area contributed by atoms with Gasteiger partial charge in [0.25, 0.3) is 17.5 Å². The van der Waals surface area contributed by atoms with Crippen molar-refractivity contribution >= 4 is 29.2 Å². The monoisotopic (exact) mass is 458 g/mol. The number of nitro benzene ring substituents is 1. The molecule has 0 aliphatic heterocycles. The van der Waals surface area contributed by atoms with Crippen molar-refractivity contribution in [3.63, 3.8) is 0 Å². The summed E-state index contributed by atoms with van der Waals surface area (Å²) in [5, 5.41) is 21.3. The average Bonchev–Trinajstić information content (AvgIpc) is 3.25. The maximum absolute atomic E-state index is 12.6. The minimum atomic E-state index is -0.921. The summed E-state index contributed by atoms with van der Waals surface area (Å²) in [6.07, 6.45) is 0. The van der Waals surface area contributed by atoms with E-state index in [1.54, 1.807) is 38.1 Å². The van der Waals surface area contributed by atoms with E-state index in [2.05, 4.69) is 15.5 Å². The molecule has 0 aliphatic rings. The highest BCUT2D eigenvalue weighted by molar-refractivity contribution is 6.33. The zero-order valence-corrected chi connectivity index (χ0v) is 17.9. The normalized spacial score (nSPS) is 11.8. The number of esters is 1. The van der Waals surface area contributed by atoms with Crippen molar-refractivity contribution in [1.82, 2.24) is 15.5 Å². The van der Waals surface area contributed by atoms with Gasteiger partial charge in [-0.25, -0.2) is 4.79 Å². The summed E-state index contributed by atoms with van der Waals surface area (Å²) in [5.41, 5.74) is 0.658. The largest absolute Gasteiger partial charge is 0.454 e. The lowest BCUT2D eigenvalue weighted by molar-refractivity contribution is -0.384. The highest BCUT2D eigenvalue weighted by Crippen LogP contribution is 2.21. The van der Waals surface area contributed by atoms with Crippen molar-refractivity contribution in [3.05, 3.63) is 75.1 Å².